The lowest BCUT2D eigenvalue weighted by Crippen LogP contribution is -2.40. The van der Waals surface area contributed by atoms with Crippen molar-refractivity contribution < 1.29 is 42.9 Å². The van der Waals surface area contributed by atoms with E-state index in [0.29, 0.717) is 23.9 Å². The first-order valence-electron chi connectivity index (χ1n) is 36.8. The number of rotatable bonds is 69. The lowest BCUT2D eigenvalue weighted by Gasteiger charge is -2.25. The van der Waals surface area contributed by atoms with Crippen LogP contribution in [-0.4, -0.2) is 87.4 Å². The van der Waals surface area contributed by atoms with E-state index in [9.17, 15) is 19.5 Å². The molecule has 498 valence electrons. The smallest absolute Gasteiger partial charge is 0.361 e. The molecule has 85 heavy (non-hydrogen) atoms. The van der Waals surface area contributed by atoms with Gasteiger partial charge in [0.05, 0.1) is 34.4 Å². The number of nitrogens with zero attached hydrogens (tertiary/aromatic N) is 1. The number of unbranched alkanes of at least 4 members (excludes halogenated alkanes) is 46. The number of quaternary nitrogens is 1. The highest BCUT2D eigenvalue weighted by Gasteiger charge is 2.25. The highest BCUT2D eigenvalue weighted by Crippen LogP contribution is 2.19. The highest BCUT2D eigenvalue weighted by molar-refractivity contribution is 5.71. The fraction of sp³-hybridized carbons (Fsp3) is 0.855. The number of likely N-dealkylation sites (N-methyl/N-ethyl adjacent to an activating group) is 1. The van der Waals surface area contributed by atoms with E-state index in [1.165, 1.54) is 270 Å². The first-order valence-corrected chi connectivity index (χ1v) is 36.8. The quantitative estimate of drug-likeness (QED) is 0.0211. The first kappa shape index (κ1) is 82.2. The predicted octanol–water partition coefficient (Wildman–Crippen LogP) is 22.9. The number of allylic oxidation sites excluding steroid dienone is 8. The summed E-state index contributed by atoms with van der Waals surface area (Å²) in [7, 11) is 5.98. The Hall–Kier alpha value is -2.75. The van der Waals surface area contributed by atoms with Crippen molar-refractivity contribution in [2.45, 2.75) is 373 Å². The molecular formula is C76H142NO8+. The summed E-state index contributed by atoms with van der Waals surface area (Å²) in [5.74, 6) is -2.00. The molecule has 0 aromatic rings. The summed E-state index contributed by atoms with van der Waals surface area (Å²) in [6.07, 6.45) is 84.0. The van der Waals surface area contributed by atoms with Crippen LogP contribution in [0.4, 0.5) is 0 Å². The fourth-order valence-electron chi connectivity index (χ4n) is 10.9. The van der Waals surface area contributed by atoms with Gasteiger partial charge in [-0.15, -0.1) is 0 Å². The second kappa shape index (κ2) is 67.2. The Labute approximate surface area is 527 Å². The maximum atomic E-state index is 12.9. The van der Waals surface area contributed by atoms with Gasteiger partial charge < -0.3 is 28.5 Å². The molecule has 0 bridgehead atoms. The third kappa shape index (κ3) is 68.6. The third-order valence-corrected chi connectivity index (χ3v) is 16.6. The van der Waals surface area contributed by atoms with Gasteiger partial charge in [-0.25, -0.2) is 4.79 Å². The van der Waals surface area contributed by atoms with E-state index in [1.54, 1.807) is 0 Å². The second-order valence-corrected chi connectivity index (χ2v) is 26.3. The van der Waals surface area contributed by atoms with Crippen LogP contribution in [0.1, 0.15) is 361 Å². The SMILES string of the molecule is CCCCCCC/C=C\C/C=C\C/C=C\CCCCCCCCC(=O)OC(COC(=O)CCCCCCCCCCCCCCCCCCCCCCCCCCCCC/C=C\CCCCCCCCCC)COC(OCC[N+](C)(C)C)C(=O)O. The first-order chi connectivity index (χ1) is 41.6. The molecule has 1 N–H and O–H groups in total. The third-order valence-electron chi connectivity index (χ3n) is 16.6. The molecule has 9 heteroatoms. The van der Waals surface area contributed by atoms with Gasteiger partial charge in [-0.1, -0.05) is 319 Å². The minimum absolute atomic E-state index is 0.185. The maximum Gasteiger partial charge on any atom is 0.361 e. The molecule has 0 radical (unpaired) electrons. The number of ether oxygens (including phenoxy) is 4. The van der Waals surface area contributed by atoms with Gasteiger partial charge in [-0.2, -0.15) is 0 Å². The number of hydrogen-bond donors (Lipinski definition) is 1. The van der Waals surface area contributed by atoms with Gasteiger partial charge >= 0.3 is 17.9 Å². The van der Waals surface area contributed by atoms with Crippen LogP contribution in [0, 0.1) is 0 Å². The zero-order valence-electron chi connectivity index (χ0n) is 57.0. The Morgan fingerprint density at radius 3 is 0.953 bits per heavy atom. The van der Waals surface area contributed by atoms with E-state index in [0.717, 1.165) is 57.8 Å². The molecule has 0 aliphatic rings. The lowest BCUT2D eigenvalue weighted by molar-refractivity contribution is -0.870. The van der Waals surface area contributed by atoms with Crippen molar-refractivity contribution in [2.24, 2.45) is 0 Å². The molecule has 0 amide bonds. The number of carbonyl (C=O) groups is 3. The van der Waals surface area contributed by atoms with Crippen molar-refractivity contribution in [3.63, 3.8) is 0 Å². The normalized spacial score (nSPS) is 12.9. The van der Waals surface area contributed by atoms with Crippen LogP contribution < -0.4 is 0 Å². The monoisotopic (exact) mass is 1200 g/mol. The zero-order chi connectivity index (χ0) is 61.9. The van der Waals surface area contributed by atoms with Gasteiger partial charge in [0.15, 0.2) is 6.10 Å². The maximum absolute atomic E-state index is 12.9. The molecule has 0 aromatic heterocycles. The molecule has 0 aliphatic heterocycles. The Morgan fingerprint density at radius 2 is 0.635 bits per heavy atom. The van der Waals surface area contributed by atoms with E-state index in [-0.39, 0.29) is 32.2 Å². The van der Waals surface area contributed by atoms with Crippen molar-refractivity contribution in [1.29, 1.82) is 0 Å². The van der Waals surface area contributed by atoms with E-state index >= 15 is 0 Å². The molecule has 9 nitrogen and oxygen atoms in total. The largest absolute Gasteiger partial charge is 0.477 e. The molecule has 0 spiro atoms. The number of esters is 2. The van der Waals surface area contributed by atoms with E-state index in [4.69, 9.17) is 18.9 Å². The van der Waals surface area contributed by atoms with Crippen molar-refractivity contribution >= 4 is 17.9 Å². The number of hydrogen-bond acceptors (Lipinski definition) is 7. The zero-order valence-corrected chi connectivity index (χ0v) is 57.0. The number of carbonyl (C=O) groups excluding carboxylic acids is 2. The molecule has 0 saturated carbocycles. The summed E-state index contributed by atoms with van der Waals surface area (Å²) >= 11 is 0. The van der Waals surface area contributed by atoms with Gasteiger partial charge in [0, 0.05) is 12.8 Å². The van der Waals surface area contributed by atoms with Gasteiger partial charge in [-0.05, 0) is 77.0 Å². The Kier molecular flexibility index (Phi) is 65.0. The molecule has 0 heterocycles. The summed E-state index contributed by atoms with van der Waals surface area (Å²) in [6, 6.07) is 0. The highest BCUT2D eigenvalue weighted by atomic mass is 16.7. The summed E-state index contributed by atoms with van der Waals surface area (Å²) < 4.78 is 23.0. The number of aliphatic carboxylic acids is 1. The summed E-state index contributed by atoms with van der Waals surface area (Å²) in [5.41, 5.74) is 0. The molecule has 0 saturated heterocycles. The van der Waals surface area contributed by atoms with Crippen LogP contribution in [0.15, 0.2) is 48.6 Å². The minimum Gasteiger partial charge on any atom is -0.477 e. The molecule has 0 aliphatic carbocycles. The summed E-state index contributed by atoms with van der Waals surface area (Å²) in [5, 5.41) is 9.74. The van der Waals surface area contributed by atoms with Crippen LogP contribution in [0.5, 0.6) is 0 Å². The minimum atomic E-state index is -1.51. The van der Waals surface area contributed by atoms with E-state index < -0.39 is 24.3 Å². The van der Waals surface area contributed by atoms with Gasteiger partial charge in [0.2, 0.25) is 0 Å². The van der Waals surface area contributed by atoms with Gasteiger partial charge in [0.1, 0.15) is 13.2 Å². The second-order valence-electron chi connectivity index (χ2n) is 26.3. The van der Waals surface area contributed by atoms with Crippen molar-refractivity contribution in [1.82, 2.24) is 0 Å². The Balaban J connectivity index is 3.97. The number of carboxylic acid groups (broad SMARTS) is 1. The van der Waals surface area contributed by atoms with Gasteiger partial charge in [0.25, 0.3) is 6.29 Å². The molecule has 0 aromatic carbocycles. The Morgan fingerprint density at radius 1 is 0.353 bits per heavy atom. The van der Waals surface area contributed by atoms with Crippen molar-refractivity contribution in [2.75, 3.05) is 47.5 Å². The van der Waals surface area contributed by atoms with E-state index in [1.807, 2.05) is 21.1 Å². The standard InChI is InChI=1S/C76H141NO8/c1-6-8-10-12-14-16-18-20-22-24-26-28-29-30-31-32-33-34-35-36-37-38-39-40-41-42-43-44-45-47-48-50-52-54-56-58-60-62-64-66-73(78)83-70-72(71-84-76(75(80)81)82-69-68-77(3,4)5)85-74(79)67-65-63-61-59-57-55-53-51-49-46-27-25-23-21-19-17-15-13-11-9-7-2/h19,21,24-27,49,51,72,76H,6-18,20,22-23,28-48,50,52-71H2,1-5H3/p+1/b21-19-,26-24-,27-25-,51-49-. The lowest BCUT2D eigenvalue weighted by atomic mass is 10.0. The fourth-order valence-corrected chi connectivity index (χ4v) is 10.9. The van der Waals surface area contributed by atoms with Crippen molar-refractivity contribution in [3.8, 4) is 0 Å². The molecule has 2 atom stereocenters. The molecule has 0 rings (SSSR count). The Bertz CT molecular complexity index is 1530. The van der Waals surface area contributed by atoms with Crippen LogP contribution in [0.3, 0.4) is 0 Å². The predicted molar refractivity (Wildman–Crippen MR) is 364 cm³/mol. The number of carboxylic acids is 1. The van der Waals surface area contributed by atoms with Crippen LogP contribution in [0.25, 0.3) is 0 Å². The summed E-state index contributed by atoms with van der Waals surface area (Å²) in [6.45, 7) is 4.90. The topological polar surface area (TPSA) is 108 Å². The average molecular weight is 1200 g/mol. The molecular weight excluding hydrogens is 1050 g/mol. The van der Waals surface area contributed by atoms with Crippen LogP contribution in [0.2, 0.25) is 0 Å². The van der Waals surface area contributed by atoms with Gasteiger partial charge in [-0.3, -0.25) is 9.59 Å². The van der Waals surface area contributed by atoms with Crippen molar-refractivity contribution in [3.05, 3.63) is 48.6 Å². The van der Waals surface area contributed by atoms with Crippen LogP contribution in [-0.2, 0) is 33.3 Å². The average Bonchev–Trinajstić information content (AvgIpc) is 3.48. The van der Waals surface area contributed by atoms with Crippen LogP contribution >= 0.6 is 0 Å². The summed E-state index contributed by atoms with van der Waals surface area (Å²) in [4.78, 5) is 37.6. The molecule has 2 unspecified atom stereocenters. The molecule has 0 fully saturated rings. The van der Waals surface area contributed by atoms with E-state index in [2.05, 4.69) is 62.5 Å².